The van der Waals surface area contributed by atoms with E-state index in [0.29, 0.717) is 22.3 Å². The van der Waals surface area contributed by atoms with Gasteiger partial charge in [0, 0.05) is 17.3 Å². The van der Waals surface area contributed by atoms with Crippen molar-refractivity contribution in [2.24, 2.45) is 0 Å². The molecule has 172 valence electrons. The number of para-hydroxylation sites is 2. The zero-order valence-electron chi connectivity index (χ0n) is 18.4. The van der Waals surface area contributed by atoms with Gasteiger partial charge in [0.25, 0.3) is 0 Å². The van der Waals surface area contributed by atoms with Crippen molar-refractivity contribution in [2.75, 3.05) is 0 Å². The molecule has 5 aromatic rings. The van der Waals surface area contributed by atoms with Gasteiger partial charge in [-0.1, -0.05) is 48.5 Å². The Morgan fingerprint density at radius 2 is 1.66 bits per heavy atom. The average Bonchev–Trinajstić information content (AvgIpc) is 3.32. The highest BCUT2D eigenvalue weighted by Crippen LogP contribution is 2.30. The first kappa shape index (κ1) is 22.2. The number of benzene rings is 3. The summed E-state index contributed by atoms with van der Waals surface area (Å²) in [5.74, 6) is -1.38. The first-order valence-electron chi connectivity index (χ1n) is 10.9. The van der Waals surface area contributed by atoms with Crippen molar-refractivity contribution >= 4 is 28.1 Å². The maximum atomic E-state index is 13.9. The maximum absolute atomic E-state index is 13.9. The molecule has 1 atom stereocenters. The quantitative estimate of drug-likeness (QED) is 0.175. The fourth-order valence-corrected chi connectivity index (χ4v) is 3.88. The van der Waals surface area contributed by atoms with Crippen LogP contribution in [0.5, 0.6) is 0 Å². The van der Waals surface area contributed by atoms with Gasteiger partial charge in [-0.3, -0.25) is 9.78 Å². The molecule has 2 heterocycles. The number of H-pyrrole nitrogens is 1. The predicted molar refractivity (Wildman–Crippen MR) is 131 cm³/mol. The number of aliphatic hydroxyl groups is 2. The van der Waals surface area contributed by atoms with E-state index in [4.69, 9.17) is 0 Å². The Kier molecular flexibility index (Phi) is 5.91. The highest BCUT2D eigenvalue weighted by atomic mass is 19.1. The molecule has 0 fully saturated rings. The van der Waals surface area contributed by atoms with E-state index < -0.39 is 17.7 Å². The maximum Gasteiger partial charge on any atom is 0.200 e. The number of halogens is 1. The van der Waals surface area contributed by atoms with Crippen LogP contribution < -0.4 is 0 Å². The lowest BCUT2D eigenvalue weighted by atomic mass is 9.96. The van der Waals surface area contributed by atoms with Crippen LogP contribution in [0.15, 0.2) is 97.2 Å². The molecule has 3 N–H and O–H groups in total. The highest BCUT2D eigenvalue weighted by Gasteiger charge is 2.24. The molecule has 0 saturated heterocycles. The summed E-state index contributed by atoms with van der Waals surface area (Å²) in [6, 6.07) is 24.2. The van der Waals surface area contributed by atoms with Gasteiger partial charge in [0.15, 0.2) is 0 Å². The first-order valence-corrected chi connectivity index (χ1v) is 10.9. The fourth-order valence-electron chi connectivity index (χ4n) is 3.88. The van der Waals surface area contributed by atoms with Crippen molar-refractivity contribution < 1.29 is 19.4 Å². The summed E-state index contributed by atoms with van der Waals surface area (Å²) in [4.78, 5) is 25.3. The van der Waals surface area contributed by atoms with E-state index in [1.54, 1.807) is 60.8 Å². The number of hydrogen-bond acceptors (Lipinski definition) is 5. The summed E-state index contributed by atoms with van der Waals surface area (Å²) in [5.41, 5.74) is 2.46. The lowest BCUT2D eigenvalue weighted by Gasteiger charge is -2.13. The fraction of sp³-hybridized carbons (Fsp3) is 0.0357. The molecule has 6 nitrogen and oxygen atoms in total. The Morgan fingerprint density at radius 3 is 2.43 bits per heavy atom. The van der Waals surface area contributed by atoms with Crippen LogP contribution in [-0.4, -0.2) is 30.9 Å². The number of rotatable bonds is 6. The second-order valence-corrected chi connectivity index (χ2v) is 7.95. The van der Waals surface area contributed by atoms with Gasteiger partial charge < -0.3 is 15.2 Å². The molecule has 0 aliphatic carbocycles. The Morgan fingerprint density at radius 1 is 0.886 bits per heavy atom. The number of carbonyl (C=O) groups is 1. The number of aromatic nitrogens is 3. The van der Waals surface area contributed by atoms with Crippen LogP contribution >= 0.6 is 0 Å². The van der Waals surface area contributed by atoms with Gasteiger partial charge in [-0.2, -0.15) is 0 Å². The van der Waals surface area contributed by atoms with Crippen molar-refractivity contribution in [1.82, 2.24) is 15.0 Å². The van der Waals surface area contributed by atoms with Crippen LogP contribution in [0.1, 0.15) is 39.1 Å². The third-order valence-electron chi connectivity index (χ3n) is 5.62. The van der Waals surface area contributed by atoms with E-state index in [0.717, 1.165) is 6.07 Å². The minimum atomic E-state index is -1.03. The largest absolute Gasteiger partial charge is 0.506 e. The SMILES string of the molecule is O=C(C(=C(O)c1cccc(C(O)c2ccccn2)c1)c1nc2ccccc2[nH]1)c1cccc(F)c1. The summed E-state index contributed by atoms with van der Waals surface area (Å²) < 4.78 is 13.9. The van der Waals surface area contributed by atoms with Crippen molar-refractivity contribution in [1.29, 1.82) is 0 Å². The Balaban J connectivity index is 1.66. The second kappa shape index (κ2) is 9.32. The van der Waals surface area contributed by atoms with Crippen molar-refractivity contribution in [3.05, 3.63) is 131 Å². The number of allylic oxidation sites excluding steroid dienone is 1. The number of hydrogen-bond donors (Lipinski definition) is 3. The number of fused-ring (bicyclic) bond motifs is 1. The number of nitrogens with zero attached hydrogens (tertiary/aromatic N) is 2. The highest BCUT2D eigenvalue weighted by molar-refractivity contribution is 6.33. The third-order valence-corrected chi connectivity index (χ3v) is 5.62. The first-order chi connectivity index (χ1) is 17.0. The Labute approximate surface area is 200 Å². The van der Waals surface area contributed by atoms with E-state index in [-0.39, 0.29) is 28.3 Å². The van der Waals surface area contributed by atoms with Gasteiger partial charge in [0.05, 0.1) is 16.7 Å². The molecule has 0 bridgehead atoms. The van der Waals surface area contributed by atoms with E-state index in [2.05, 4.69) is 15.0 Å². The zero-order valence-corrected chi connectivity index (χ0v) is 18.4. The molecule has 1 unspecified atom stereocenters. The normalized spacial score (nSPS) is 12.9. The minimum Gasteiger partial charge on any atom is -0.506 e. The number of pyridine rings is 1. The molecule has 5 rings (SSSR count). The molecule has 0 amide bonds. The molecule has 0 aliphatic heterocycles. The smallest absolute Gasteiger partial charge is 0.200 e. The Hall–Kier alpha value is -4.62. The molecule has 0 aliphatic rings. The number of aromatic amines is 1. The lowest BCUT2D eigenvalue weighted by Crippen LogP contribution is -2.08. The number of imidazole rings is 1. The van der Waals surface area contributed by atoms with Crippen LogP contribution in [0.4, 0.5) is 4.39 Å². The van der Waals surface area contributed by atoms with Gasteiger partial charge in [0.1, 0.15) is 29.1 Å². The summed E-state index contributed by atoms with van der Waals surface area (Å²) >= 11 is 0. The molecule has 2 aromatic heterocycles. The summed E-state index contributed by atoms with van der Waals surface area (Å²) in [6.07, 6.45) is 0.550. The van der Waals surface area contributed by atoms with Gasteiger partial charge >= 0.3 is 0 Å². The van der Waals surface area contributed by atoms with Crippen LogP contribution in [0.25, 0.3) is 22.4 Å². The molecule has 0 saturated carbocycles. The van der Waals surface area contributed by atoms with Gasteiger partial charge in [-0.25, -0.2) is 9.37 Å². The van der Waals surface area contributed by atoms with Crippen LogP contribution in [0.3, 0.4) is 0 Å². The van der Waals surface area contributed by atoms with Crippen LogP contribution in [0.2, 0.25) is 0 Å². The topological polar surface area (TPSA) is 99.1 Å². The number of carbonyl (C=O) groups excluding carboxylic acids is 1. The van der Waals surface area contributed by atoms with Crippen molar-refractivity contribution in [3.63, 3.8) is 0 Å². The van der Waals surface area contributed by atoms with Gasteiger partial charge in [0.2, 0.25) is 5.78 Å². The Bertz CT molecular complexity index is 1530. The van der Waals surface area contributed by atoms with E-state index in [1.807, 2.05) is 12.1 Å². The van der Waals surface area contributed by atoms with Crippen LogP contribution in [-0.2, 0) is 0 Å². The summed E-state index contributed by atoms with van der Waals surface area (Å²) in [7, 11) is 0. The summed E-state index contributed by atoms with van der Waals surface area (Å²) in [6.45, 7) is 0. The third kappa shape index (κ3) is 4.45. The molecule has 0 spiro atoms. The summed E-state index contributed by atoms with van der Waals surface area (Å²) in [5, 5.41) is 22.1. The van der Waals surface area contributed by atoms with Crippen molar-refractivity contribution in [3.8, 4) is 0 Å². The number of nitrogens with one attached hydrogen (secondary N) is 1. The minimum absolute atomic E-state index is 0.0664. The van der Waals surface area contributed by atoms with E-state index in [9.17, 15) is 19.4 Å². The second-order valence-electron chi connectivity index (χ2n) is 7.95. The predicted octanol–water partition coefficient (Wildman–Crippen LogP) is 5.49. The molecular weight excluding hydrogens is 445 g/mol. The monoisotopic (exact) mass is 465 g/mol. The molecule has 3 aromatic carbocycles. The number of Topliss-reactive ketones (excluding diaryl/α,β-unsaturated/α-hetero) is 1. The standard InChI is InChI=1S/C28H20FN3O3/c29-20-10-6-9-19(16-20)27(35)24(28-31-21-11-1-2-12-22(21)32-28)26(34)18-8-5-7-17(15-18)25(33)23-13-3-4-14-30-23/h1-16,25,33-34H,(H,31,32). The number of aliphatic hydroxyl groups excluding tert-OH is 2. The zero-order chi connectivity index (χ0) is 24.4. The molecular formula is C28H20FN3O3. The molecule has 0 radical (unpaired) electrons. The molecule has 35 heavy (non-hydrogen) atoms. The average molecular weight is 465 g/mol. The van der Waals surface area contributed by atoms with Gasteiger partial charge in [-0.05, 0) is 48.0 Å². The van der Waals surface area contributed by atoms with Crippen molar-refractivity contribution in [2.45, 2.75) is 6.10 Å². The van der Waals surface area contributed by atoms with E-state index >= 15 is 0 Å². The lowest BCUT2D eigenvalue weighted by molar-refractivity contribution is 0.105. The van der Waals surface area contributed by atoms with Crippen LogP contribution in [0, 0.1) is 5.82 Å². The number of ketones is 1. The van der Waals surface area contributed by atoms with E-state index in [1.165, 1.54) is 18.2 Å². The van der Waals surface area contributed by atoms with Gasteiger partial charge in [-0.15, -0.1) is 0 Å². The molecule has 7 heteroatoms.